The maximum Gasteiger partial charge on any atom is 0.255 e. The molecule has 0 bridgehead atoms. The Morgan fingerprint density at radius 2 is 2.17 bits per heavy atom. The van der Waals surface area contributed by atoms with Crippen LogP contribution in [0.15, 0.2) is 42.6 Å². The van der Waals surface area contributed by atoms with Gasteiger partial charge in [0.2, 0.25) is 0 Å². The fourth-order valence-electron chi connectivity index (χ4n) is 2.88. The van der Waals surface area contributed by atoms with Crippen LogP contribution in [-0.4, -0.2) is 48.6 Å². The molecule has 0 saturated heterocycles. The first kappa shape index (κ1) is 16.6. The largest absolute Gasteiger partial charge is 0.485 e. The Morgan fingerprint density at radius 1 is 1.38 bits per heavy atom. The van der Waals surface area contributed by atoms with Crippen LogP contribution >= 0.6 is 11.6 Å². The Labute approximate surface area is 146 Å². The van der Waals surface area contributed by atoms with Crippen molar-refractivity contribution < 1.29 is 9.53 Å². The van der Waals surface area contributed by atoms with Crippen LogP contribution in [0.25, 0.3) is 0 Å². The number of likely N-dealkylation sites (N-methyl/N-ethyl adjacent to an activating group) is 2. The van der Waals surface area contributed by atoms with Crippen LogP contribution in [0.4, 0.5) is 5.69 Å². The van der Waals surface area contributed by atoms with Crippen LogP contribution in [0, 0.1) is 0 Å². The number of aromatic nitrogens is 1. The second kappa shape index (κ2) is 7.09. The Hall–Kier alpha value is -2.27. The molecule has 0 N–H and O–H groups in total. The van der Waals surface area contributed by atoms with Crippen molar-refractivity contribution in [1.82, 2.24) is 9.88 Å². The lowest BCUT2D eigenvalue weighted by Gasteiger charge is -2.37. The zero-order valence-corrected chi connectivity index (χ0v) is 14.5. The minimum absolute atomic E-state index is 0.0749. The van der Waals surface area contributed by atoms with E-state index in [0.29, 0.717) is 17.3 Å². The molecular weight excluding hydrogens is 326 g/mol. The van der Waals surface area contributed by atoms with Gasteiger partial charge in [0.1, 0.15) is 17.0 Å². The lowest BCUT2D eigenvalue weighted by molar-refractivity contribution is 0.0709. The van der Waals surface area contributed by atoms with Gasteiger partial charge in [0.15, 0.2) is 0 Å². The molecule has 3 rings (SSSR count). The molecule has 1 aliphatic heterocycles. The summed E-state index contributed by atoms with van der Waals surface area (Å²) < 4.78 is 6.07. The monoisotopic (exact) mass is 345 g/mol. The second-order valence-corrected chi connectivity index (χ2v) is 6.19. The van der Waals surface area contributed by atoms with Gasteiger partial charge >= 0.3 is 0 Å². The van der Waals surface area contributed by atoms with E-state index in [9.17, 15) is 4.79 Å². The zero-order chi connectivity index (χ0) is 17.1. The summed E-state index contributed by atoms with van der Waals surface area (Å²) in [5.74, 6) is 0.772. The Bertz CT molecular complexity index is 720. The van der Waals surface area contributed by atoms with E-state index in [1.807, 2.05) is 18.2 Å². The van der Waals surface area contributed by atoms with E-state index >= 15 is 0 Å². The van der Waals surface area contributed by atoms with E-state index in [2.05, 4.69) is 22.9 Å². The molecule has 1 amide bonds. The molecule has 0 unspecified atom stereocenters. The normalized spacial score (nSPS) is 16.3. The van der Waals surface area contributed by atoms with E-state index in [-0.39, 0.29) is 12.0 Å². The Balaban J connectivity index is 1.70. The van der Waals surface area contributed by atoms with Crippen molar-refractivity contribution in [3.8, 4) is 5.75 Å². The minimum Gasteiger partial charge on any atom is -0.485 e. The molecule has 0 saturated carbocycles. The Morgan fingerprint density at radius 3 is 2.88 bits per heavy atom. The average Bonchev–Trinajstić information content (AvgIpc) is 2.61. The molecule has 24 heavy (non-hydrogen) atoms. The molecule has 1 aromatic heterocycles. The number of pyridine rings is 1. The first-order valence-electron chi connectivity index (χ1n) is 7.96. The van der Waals surface area contributed by atoms with Gasteiger partial charge in [0.05, 0.1) is 24.3 Å². The topological polar surface area (TPSA) is 45.7 Å². The molecule has 0 spiro atoms. The lowest BCUT2D eigenvalue weighted by atomic mass is 10.1. The molecule has 2 heterocycles. The summed E-state index contributed by atoms with van der Waals surface area (Å²) in [4.78, 5) is 20.4. The molecule has 0 radical (unpaired) electrons. The fourth-order valence-corrected chi connectivity index (χ4v) is 3.00. The molecule has 0 aliphatic carbocycles. The Kier molecular flexibility index (Phi) is 4.90. The number of hydrogen-bond acceptors (Lipinski definition) is 4. The van der Waals surface area contributed by atoms with Gasteiger partial charge in [-0.2, -0.15) is 0 Å². The van der Waals surface area contributed by atoms with Crippen molar-refractivity contribution in [2.45, 2.75) is 13.0 Å². The summed E-state index contributed by atoms with van der Waals surface area (Å²) in [6.07, 6.45) is 1.42. The van der Waals surface area contributed by atoms with E-state index in [1.54, 1.807) is 24.1 Å². The number of halogens is 1. The number of ether oxygens (including phenoxy) is 1. The second-order valence-electron chi connectivity index (χ2n) is 5.80. The number of amides is 1. The highest BCUT2D eigenvalue weighted by Gasteiger charge is 2.27. The number of rotatable bonds is 4. The van der Waals surface area contributed by atoms with E-state index in [0.717, 1.165) is 24.5 Å². The van der Waals surface area contributed by atoms with Gasteiger partial charge in [-0.15, -0.1) is 0 Å². The molecule has 1 aliphatic rings. The van der Waals surface area contributed by atoms with Gasteiger partial charge < -0.3 is 14.5 Å². The van der Waals surface area contributed by atoms with E-state index < -0.39 is 0 Å². The highest BCUT2D eigenvalue weighted by atomic mass is 35.5. The SMILES string of the molecule is CCN1C[C@@H](CN(C)C(=O)c2ccc(Cl)nc2)Oc2ccccc21. The molecule has 1 aromatic carbocycles. The third-order valence-electron chi connectivity index (χ3n) is 4.10. The van der Waals surface area contributed by atoms with E-state index in [1.165, 1.54) is 6.20 Å². The van der Waals surface area contributed by atoms with Crippen LogP contribution in [0.5, 0.6) is 5.75 Å². The third-order valence-corrected chi connectivity index (χ3v) is 4.33. The molecular formula is C18H20ClN3O2. The molecule has 126 valence electrons. The van der Waals surface area contributed by atoms with Gasteiger partial charge in [-0.3, -0.25) is 4.79 Å². The highest BCUT2D eigenvalue weighted by Crippen LogP contribution is 2.32. The number of benzene rings is 1. The number of carbonyl (C=O) groups is 1. The van der Waals surface area contributed by atoms with Crippen molar-refractivity contribution in [3.63, 3.8) is 0 Å². The first-order valence-corrected chi connectivity index (χ1v) is 8.34. The quantitative estimate of drug-likeness (QED) is 0.799. The standard InChI is InChI=1S/C18H20ClN3O2/c1-3-22-12-14(24-16-7-5-4-6-15(16)22)11-21(2)18(23)13-8-9-17(19)20-10-13/h4-10,14H,3,11-12H2,1-2H3/t14-/m1/s1. The summed E-state index contributed by atoms with van der Waals surface area (Å²) in [6, 6.07) is 11.3. The number of hydrogen-bond donors (Lipinski definition) is 0. The van der Waals surface area contributed by atoms with Crippen LogP contribution in [0.2, 0.25) is 5.15 Å². The van der Waals surface area contributed by atoms with Crippen molar-refractivity contribution >= 4 is 23.2 Å². The summed E-state index contributed by atoms with van der Waals surface area (Å²) in [5.41, 5.74) is 1.62. The van der Waals surface area contributed by atoms with Gasteiger partial charge in [-0.1, -0.05) is 23.7 Å². The molecule has 5 nitrogen and oxygen atoms in total. The summed E-state index contributed by atoms with van der Waals surface area (Å²) in [5, 5.41) is 0.375. The molecule has 2 aromatic rings. The number of fused-ring (bicyclic) bond motifs is 1. The van der Waals surface area contributed by atoms with Crippen LogP contribution in [0.3, 0.4) is 0 Å². The fraction of sp³-hybridized carbons (Fsp3) is 0.333. The predicted octanol–water partition coefficient (Wildman–Crippen LogP) is 3.09. The number of carbonyl (C=O) groups excluding carboxylic acids is 1. The van der Waals surface area contributed by atoms with Crippen molar-refractivity contribution in [1.29, 1.82) is 0 Å². The van der Waals surface area contributed by atoms with Gasteiger partial charge in [0.25, 0.3) is 5.91 Å². The maximum absolute atomic E-state index is 12.5. The van der Waals surface area contributed by atoms with Crippen molar-refractivity contribution in [3.05, 3.63) is 53.3 Å². The van der Waals surface area contributed by atoms with Gasteiger partial charge in [0, 0.05) is 19.8 Å². The average molecular weight is 346 g/mol. The molecule has 0 fully saturated rings. The highest BCUT2D eigenvalue weighted by molar-refractivity contribution is 6.29. The number of anilines is 1. The van der Waals surface area contributed by atoms with Gasteiger partial charge in [-0.05, 0) is 31.2 Å². The maximum atomic E-state index is 12.5. The van der Waals surface area contributed by atoms with Crippen molar-refractivity contribution in [2.24, 2.45) is 0 Å². The van der Waals surface area contributed by atoms with Crippen LogP contribution in [-0.2, 0) is 0 Å². The first-order chi connectivity index (χ1) is 11.6. The number of nitrogens with zero attached hydrogens (tertiary/aromatic N) is 3. The lowest BCUT2D eigenvalue weighted by Crippen LogP contribution is -2.46. The molecule has 6 heteroatoms. The smallest absolute Gasteiger partial charge is 0.255 e. The molecule has 1 atom stereocenters. The summed E-state index contributed by atoms with van der Waals surface area (Å²) in [6.45, 7) is 4.28. The van der Waals surface area contributed by atoms with Gasteiger partial charge in [-0.25, -0.2) is 4.98 Å². The minimum atomic E-state index is -0.0929. The summed E-state index contributed by atoms with van der Waals surface area (Å²) >= 11 is 5.77. The summed E-state index contributed by atoms with van der Waals surface area (Å²) in [7, 11) is 1.77. The van der Waals surface area contributed by atoms with Crippen molar-refractivity contribution in [2.75, 3.05) is 31.6 Å². The van der Waals surface area contributed by atoms with E-state index in [4.69, 9.17) is 16.3 Å². The number of para-hydroxylation sites is 2. The van der Waals surface area contributed by atoms with Crippen LogP contribution in [0.1, 0.15) is 17.3 Å². The zero-order valence-electron chi connectivity index (χ0n) is 13.8. The van der Waals surface area contributed by atoms with Crippen LogP contribution < -0.4 is 9.64 Å². The third kappa shape index (κ3) is 3.46. The predicted molar refractivity (Wildman–Crippen MR) is 95.0 cm³/mol.